The Bertz CT molecular complexity index is 2340. The van der Waals surface area contributed by atoms with E-state index in [1.165, 1.54) is 10.9 Å². The first-order valence-corrected chi connectivity index (χ1v) is 16.3. The van der Waals surface area contributed by atoms with Crippen LogP contribution in [0, 0.1) is 13.0 Å². The number of rotatable bonds is 6. The van der Waals surface area contributed by atoms with Crippen molar-refractivity contribution < 1.29 is 30.0 Å². The third-order valence-electron chi connectivity index (χ3n) is 8.34. The van der Waals surface area contributed by atoms with Crippen LogP contribution in [0.25, 0.3) is 66.8 Å². The molecule has 0 amide bonds. The van der Waals surface area contributed by atoms with Crippen molar-refractivity contribution >= 4 is 16.7 Å². The van der Waals surface area contributed by atoms with Gasteiger partial charge in [-0.15, -0.1) is 18.2 Å². The van der Waals surface area contributed by atoms with Crippen molar-refractivity contribution in [3.05, 3.63) is 187 Å². The number of nitrogens with zero attached hydrogens (tertiary/aromatic N) is 3. The second-order valence-corrected chi connectivity index (χ2v) is 11.8. The van der Waals surface area contributed by atoms with Gasteiger partial charge in [0.05, 0.1) is 5.69 Å². The van der Waals surface area contributed by atoms with Gasteiger partial charge in [-0.2, -0.15) is 0 Å². The molecular formula is C45H32IrN3O2-. The Balaban J connectivity index is 0.000000178. The number of carboxylic acids is 1. The van der Waals surface area contributed by atoms with E-state index in [1.807, 2.05) is 116 Å². The van der Waals surface area contributed by atoms with Crippen LogP contribution in [0.3, 0.4) is 0 Å². The molecule has 0 unspecified atom stereocenters. The maximum atomic E-state index is 11.4. The first-order chi connectivity index (χ1) is 24.5. The van der Waals surface area contributed by atoms with E-state index in [0.29, 0.717) is 5.69 Å². The maximum Gasteiger partial charge on any atom is 0.354 e. The second-order valence-electron chi connectivity index (χ2n) is 11.8. The van der Waals surface area contributed by atoms with E-state index in [-0.39, 0.29) is 25.8 Å². The minimum atomic E-state index is -1.02. The summed E-state index contributed by atoms with van der Waals surface area (Å²) in [6.45, 7) is 2.02. The van der Waals surface area contributed by atoms with Gasteiger partial charge in [0.25, 0.3) is 0 Å². The van der Waals surface area contributed by atoms with Crippen LogP contribution < -0.4 is 0 Å². The van der Waals surface area contributed by atoms with Crippen LogP contribution in [-0.4, -0.2) is 26.0 Å². The Morgan fingerprint density at radius 1 is 0.549 bits per heavy atom. The first kappa shape index (κ1) is 34.8. The molecule has 6 heteroatoms. The molecule has 1 N–H and O–H groups in total. The van der Waals surface area contributed by atoms with E-state index in [2.05, 4.69) is 70.6 Å². The molecule has 5 aromatic carbocycles. The molecule has 0 aliphatic heterocycles. The summed E-state index contributed by atoms with van der Waals surface area (Å²) in [7, 11) is 0. The molecule has 0 saturated heterocycles. The summed E-state index contributed by atoms with van der Waals surface area (Å²) >= 11 is 0. The molecule has 1 radical (unpaired) electrons. The fraction of sp³-hybridized carbons (Fsp3) is 0.0222. The van der Waals surface area contributed by atoms with E-state index in [9.17, 15) is 9.90 Å². The molecule has 0 bridgehead atoms. The zero-order valence-electron chi connectivity index (χ0n) is 27.7. The third kappa shape index (κ3) is 8.22. The summed E-state index contributed by atoms with van der Waals surface area (Å²) in [5.74, 6) is -1.02. The van der Waals surface area contributed by atoms with Crippen molar-refractivity contribution in [2.75, 3.05) is 0 Å². The van der Waals surface area contributed by atoms with Crippen LogP contribution in [-0.2, 0) is 20.1 Å². The van der Waals surface area contributed by atoms with Crippen LogP contribution in [0.5, 0.6) is 0 Å². The first-order valence-electron chi connectivity index (χ1n) is 16.3. The van der Waals surface area contributed by atoms with E-state index in [0.717, 1.165) is 55.7 Å². The number of pyridine rings is 3. The molecule has 0 aliphatic carbocycles. The van der Waals surface area contributed by atoms with E-state index in [4.69, 9.17) is 4.98 Å². The van der Waals surface area contributed by atoms with Crippen molar-refractivity contribution in [3.63, 3.8) is 0 Å². The van der Waals surface area contributed by atoms with Gasteiger partial charge in [-0.3, -0.25) is 9.97 Å². The average molecular weight is 839 g/mol. The normalized spacial score (nSPS) is 10.5. The number of benzene rings is 5. The van der Waals surface area contributed by atoms with Crippen molar-refractivity contribution in [1.29, 1.82) is 0 Å². The molecule has 8 aromatic rings. The summed E-state index contributed by atoms with van der Waals surface area (Å²) in [5, 5.41) is 11.6. The molecule has 51 heavy (non-hydrogen) atoms. The van der Waals surface area contributed by atoms with Gasteiger partial charge in [-0.25, -0.2) is 9.78 Å². The molecule has 0 aliphatic rings. The van der Waals surface area contributed by atoms with Crippen LogP contribution in [0.15, 0.2) is 170 Å². The standard InChI is InChI=1S/C26H17N2.C19H15NO2.Ir/c1-2-8-19(9-3-1)21-16-22(25-12-6-7-14-27-25)18-23(17-21)26-24-11-5-4-10-20(24)13-15-28-26;1-13-7-9-14(10-8-13)16-11-17(15-5-3-2-4-6-15)20-18(12-16)19(21)22;/h1-17H;2-12H,1H3,(H,21,22);/q-1;;. The molecule has 8 rings (SSSR count). The van der Waals surface area contributed by atoms with E-state index >= 15 is 0 Å². The van der Waals surface area contributed by atoms with E-state index in [1.54, 1.807) is 6.07 Å². The topological polar surface area (TPSA) is 76.0 Å². The van der Waals surface area contributed by atoms with Crippen molar-refractivity contribution in [2.24, 2.45) is 0 Å². The number of hydrogen-bond acceptors (Lipinski definition) is 4. The second kappa shape index (κ2) is 16.1. The zero-order chi connectivity index (χ0) is 34.3. The predicted octanol–water partition coefficient (Wildman–Crippen LogP) is 10.9. The number of carbonyl (C=O) groups is 1. The van der Waals surface area contributed by atoms with Crippen LogP contribution in [0.4, 0.5) is 0 Å². The van der Waals surface area contributed by atoms with Crippen LogP contribution >= 0.6 is 0 Å². The van der Waals surface area contributed by atoms with Gasteiger partial charge in [0.1, 0.15) is 5.69 Å². The minimum Gasteiger partial charge on any atom is -0.477 e. The molecule has 3 heterocycles. The molecular weight excluding hydrogens is 807 g/mol. The number of aryl methyl sites for hydroxylation is 1. The number of aromatic nitrogens is 3. The SMILES string of the molecule is Cc1ccc(-c2cc(C(=O)O)nc(-c3ccccc3)c2)cc1.[Ir].[c-]1c(-c2ccccn2)cc(-c2ccccc2)cc1-c1nccc2ccccc12. The van der Waals surface area contributed by atoms with Gasteiger partial charge in [0, 0.05) is 49.5 Å². The van der Waals surface area contributed by atoms with Gasteiger partial charge in [0.2, 0.25) is 0 Å². The summed E-state index contributed by atoms with van der Waals surface area (Å²) in [6, 6.07) is 55.7. The number of carboxylic acid groups (broad SMARTS) is 1. The minimum absolute atomic E-state index is 0. The van der Waals surface area contributed by atoms with E-state index < -0.39 is 5.97 Å². The van der Waals surface area contributed by atoms with Gasteiger partial charge >= 0.3 is 5.97 Å². The Kier molecular flexibility index (Phi) is 11.0. The zero-order valence-corrected chi connectivity index (χ0v) is 30.1. The Morgan fingerprint density at radius 2 is 1.18 bits per heavy atom. The van der Waals surface area contributed by atoms with Crippen molar-refractivity contribution in [3.8, 4) is 56.0 Å². The molecule has 0 spiro atoms. The average Bonchev–Trinajstić information content (AvgIpc) is 3.19. The van der Waals surface area contributed by atoms with Crippen LogP contribution in [0.1, 0.15) is 16.1 Å². The largest absolute Gasteiger partial charge is 0.477 e. The molecule has 3 aromatic heterocycles. The Hall–Kier alpha value is -6.07. The number of aromatic carboxylic acids is 1. The molecule has 5 nitrogen and oxygen atoms in total. The molecule has 0 atom stereocenters. The molecule has 0 saturated carbocycles. The maximum absolute atomic E-state index is 11.4. The van der Waals surface area contributed by atoms with Crippen molar-refractivity contribution in [1.82, 2.24) is 15.0 Å². The predicted molar refractivity (Wildman–Crippen MR) is 201 cm³/mol. The Labute approximate surface area is 310 Å². The smallest absolute Gasteiger partial charge is 0.354 e. The molecule has 0 fully saturated rings. The molecule has 249 valence electrons. The summed E-state index contributed by atoms with van der Waals surface area (Å²) in [6.07, 6.45) is 3.68. The number of fused-ring (bicyclic) bond motifs is 1. The quantitative estimate of drug-likeness (QED) is 0.169. The number of hydrogen-bond donors (Lipinski definition) is 1. The fourth-order valence-electron chi connectivity index (χ4n) is 5.80. The van der Waals surface area contributed by atoms with Gasteiger partial charge < -0.3 is 5.11 Å². The third-order valence-corrected chi connectivity index (χ3v) is 8.34. The fourth-order valence-corrected chi connectivity index (χ4v) is 5.80. The Morgan fingerprint density at radius 3 is 1.88 bits per heavy atom. The van der Waals surface area contributed by atoms with Gasteiger partial charge in [-0.05, 0) is 58.7 Å². The summed E-state index contributed by atoms with van der Waals surface area (Å²) in [4.78, 5) is 24.8. The summed E-state index contributed by atoms with van der Waals surface area (Å²) in [5.41, 5.74) is 10.7. The van der Waals surface area contributed by atoms with Gasteiger partial charge in [-0.1, -0.05) is 144 Å². The van der Waals surface area contributed by atoms with Gasteiger partial charge in [0.15, 0.2) is 0 Å². The van der Waals surface area contributed by atoms with Crippen LogP contribution in [0.2, 0.25) is 0 Å². The summed E-state index contributed by atoms with van der Waals surface area (Å²) < 4.78 is 0. The van der Waals surface area contributed by atoms with Crippen molar-refractivity contribution in [2.45, 2.75) is 6.92 Å². The monoisotopic (exact) mass is 839 g/mol.